The smallest absolute Gasteiger partial charge is 0.289 e. The fourth-order valence-electron chi connectivity index (χ4n) is 2.61. The normalized spacial score (nSPS) is 16.5. The van der Waals surface area contributed by atoms with Crippen LogP contribution < -0.4 is 4.72 Å². The van der Waals surface area contributed by atoms with Crippen molar-refractivity contribution in [1.29, 1.82) is 0 Å². The largest absolute Gasteiger partial charge is 0.303 e. The van der Waals surface area contributed by atoms with Crippen LogP contribution in [0.2, 0.25) is 0 Å². The molecule has 0 saturated carbocycles. The molecule has 0 spiro atoms. The standard InChI is InChI=1S/C14H21N3O4S/c18-17(19)13-7-2-3-8-14(13)22(20,21)15-9-6-12-16-10-4-1-5-11-16/h2-3,7-8,15H,1,4-6,9-12H2. The SMILES string of the molecule is O=[N+]([O-])c1ccccc1S(=O)(=O)NCCCN1CCCCC1. The molecule has 1 fully saturated rings. The maximum atomic E-state index is 12.2. The van der Waals surface area contributed by atoms with Crippen molar-refractivity contribution in [3.05, 3.63) is 34.4 Å². The summed E-state index contributed by atoms with van der Waals surface area (Å²) in [7, 11) is -3.85. The number of likely N-dealkylation sites (tertiary alicyclic amines) is 1. The van der Waals surface area contributed by atoms with E-state index >= 15 is 0 Å². The van der Waals surface area contributed by atoms with Gasteiger partial charge in [-0.05, 0) is 45.0 Å². The first-order chi connectivity index (χ1) is 10.5. The first-order valence-corrected chi connectivity index (χ1v) is 8.94. The van der Waals surface area contributed by atoms with Gasteiger partial charge < -0.3 is 4.90 Å². The molecule has 1 aromatic rings. The summed E-state index contributed by atoms with van der Waals surface area (Å²) in [5.74, 6) is 0. The summed E-state index contributed by atoms with van der Waals surface area (Å²) in [5, 5.41) is 10.9. The van der Waals surface area contributed by atoms with Gasteiger partial charge in [-0.2, -0.15) is 0 Å². The number of rotatable bonds is 7. The minimum absolute atomic E-state index is 0.280. The van der Waals surface area contributed by atoms with Crippen LogP contribution in [0.3, 0.4) is 0 Å². The van der Waals surface area contributed by atoms with Crippen molar-refractivity contribution in [3.8, 4) is 0 Å². The van der Waals surface area contributed by atoms with Crippen LogP contribution in [0.4, 0.5) is 5.69 Å². The van der Waals surface area contributed by atoms with Gasteiger partial charge in [0.25, 0.3) is 5.69 Å². The van der Waals surface area contributed by atoms with E-state index in [2.05, 4.69) is 9.62 Å². The molecule has 7 nitrogen and oxygen atoms in total. The van der Waals surface area contributed by atoms with Gasteiger partial charge in [0.1, 0.15) is 0 Å². The van der Waals surface area contributed by atoms with Gasteiger partial charge in [0.15, 0.2) is 4.90 Å². The second kappa shape index (κ2) is 7.66. The second-order valence-electron chi connectivity index (χ2n) is 5.38. The number of para-hydroxylation sites is 1. The molecule has 1 aromatic carbocycles. The van der Waals surface area contributed by atoms with Gasteiger partial charge in [0.05, 0.1) is 4.92 Å². The molecule has 122 valence electrons. The summed E-state index contributed by atoms with van der Waals surface area (Å²) in [4.78, 5) is 12.3. The van der Waals surface area contributed by atoms with Gasteiger partial charge >= 0.3 is 0 Å². The third-order valence-corrected chi connectivity index (χ3v) is 5.25. The minimum atomic E-state index is -3.85. The van der Waals surface area contributed by atoms with E-state index in [4.69, 9.17) is 0 Å². The number of sulfonamides is 1. The van der Waals surface area contributed by atoms with Crippen molar-refractivity contribution in [2.75, 3.05) is 26.2 Å². The van der Waals surface area contributed by atoms with Crippen molar-refractivity contribution in [3.63, 3.8) is 0 Å². The molecule has 1 heterocycles. The van der Waals surface area contributed by atoms with Crippen molar-refractivity contribution < 1.29 is 13.3 Å². The Balaban J connectivity index is 1.90. The molecule has 0 bridgehead atoms. The lowest BCUT2D eigenvalue weighted by Crippen LogP contribution is -2.33. The molecular formula is C14H21N3O4S. The zero-order chi connectivity index (χ0) is 16.0. The van der Waals surface area contributed by atoms with Crippen molar-refractivity contribution in [1.82, 2.24) is 9.62 Å². The number of nitrogens with one attached hydrogen (secondary N) is 1. The van der Waals surface area contributed by atoms with E-state index in [-0.39, 0.29) is 11.4 Å². The summed E-state index contributed by atoms with van der Waals surface area (Å²) >= 11 is 0. The van der Waals surface area contributed by atoms with Crippen LogP contribution in [0.5, 0.6) is 0 Å². The minimum Gasteiger partial charge on any atom is -0.303 e. The molecule has 0 aromatic heterocycles. The highest BCUT2D eigenvalue weighted by molar-refractivity contribution is 7.89. The van der Waals surface area contributed by atoms with Crippen molar-refractivity contribution in [2.24, 2.45) is 0 Å². The third kappa shape index (κ3) is 4.49. The molecule has 1 N–H and O–H groups in total. The van der Waals surface area contributed by atoms with Gasteiger partial charge in [-0.3, -0.25) is 10.1 Å². The molecule has 22 heavy (non-hydrogen) atoms. The van der Waals surface area contributed by atoms with E-state index in [0.717, 1.165) is 19.6 Å². The van der Waals surface area contributed by atoms with Crippen LogP contribution in [-0.4, -0.2) is 44.4 Å². The number of nitro benzene ring substituents is 1. The summed E-state index contributed by atoms with van der Waals surface area (Å²) < 4.78 is 26.8. The molecule has 2 rings (SSSR count). The van der Waals surface area contributed by atoms with Gasteiger partial charge in [-0.1, -0.05) is 18.6 Å². The van der Waals surface area contributed by atoms with Crippen LogP contribution >= 0.6 is 0 Å². The monoisotopic (exact) mass is 327 g/mol. The number of benzene rings is 1. The molecule has 1 aliphatic rings. The molecule has 0 aliphatic carbocycles. The van der Waals surface area contributed by atoms with Crippen LogP contribution in [-0.2, 0) is 10.0 Å². The third-order valence-electron chi connectivity index (χ3n) is 3.74. The van der Waals surface area contributed by atoms with E-state index in [0.29, 0.717) is 6.42 Å². The van der Waals surface area contributed by atoms with Crippen LogP contribution in [0.25, 0.3) is 0 Å². The fourth-order valence-corrected chi connectivity index (χ4v) is 3.85. The van der Waals surface area contributed by atoms with E-state index in [9.17, 15) is 18.5 Å². The number of hydrogen-bond acceptors (Lipinski definition) is 5. The average Bonchev–Trinajstić information content (AvgIpc) is 2.52. The van der Waals surface area contributed by atoms with Gasteiger partial charge in [0, 0.05) is 12.6 Å². The maximum absolute atomic E-state index is 12.2. The van der Waals surface area contributed by atoms with E-state index < -0.39 is 20.6 Å². The first kappa shape index (κ1) is 16.9. The zero-order valence-electron chi connectivity index (χ0n) is 12.4. The second-order valence-corrected chi connectivity index (χ2v) is 7.11. The van der Waals surface area contributed by atoms with Gasteiger partial charge in [-0.25, -0.2) is 13.1 Å². The Bertz CT molecular complexity index is 612. The van der Waals surface area contributed by atoms with E-state index in [1.165, 1.54) is 43.5 Å². The zero-order valence-corrected chi connectivity index (χ0v) is 13.2. The fraction of sp³-hybridized carbons (Fsp3) is 0.571. The lowest BCUT2D eigenvalue weighted by molar-refractivity contribution is -0.387. The Morgan fingerprint density at radius 1 is 1.18 bits per heavy atom. The average molecular weight is 327 g/mol. The van der Waals surface area contributed by atoms with Crippen molar-refractivity contribution >= 4 is 15.7 Å². The van der Waals surface area contributed by atoms with Crippen molar-refractivity contribution in [2.45, 2.75) is 30.6 Å². The van der Waals surface area contributed by atoms with Crippen LogP contribution in [0, 0.1) is 10.1 Å². The number of piperidine rings is 1. The number of nitro groups is 1. The molecule has 8 heteroatoms. The predicted octanol–water partition coefficient (Wildman–Crippen LogP) is 1.75. The highest BCUT2D eigenvalue weighted by Gasteiger charge is 2.24. The Morgan fingerprint density at radius 2 is 1.86 bits per heavy atom. The lowest BCUT2D eigenvalue weighted by atomic mass is 10.1. The highest BCUT2D eigenvalue weighted by Crippen LogP contribution is 2.22. The Kier molecular flexibility index (Phi) is 5.87. The summed E-state index contributed by atoms with van der Waals surface area (Å²) in [6.07, 6.45) is 4.35. The van der Waals surface area contributed by atoms with Gasteiger partial charge in [-0.15, -0.1) is 0 Å². The quantitative estimate of drug-likeness (QED) is 0.468. The van der Waals surface area contributed by atoms with E-state index in [1.807, 2.05) is 0 Å². The summed E-state index contributed by atoms with van der Waals surface area (Å²) in [6, 6.07) is 5.39. The van der Waals surface area contributed by atoms with E-state index in [1.54, 1.807) is 0 Å². The maximum Gasteiger partial charge on any atom is 0.289 e. The van der Waals surface area contributed by atoms with Crippen LogP contribution in [0.15, 0.2) is 29.2 Å². The Morgan fingerprint density at radius 3 is 2.55 bits per heavy atom. The molecule has 0 unspecified atom stereocenters. The predicted molar refractivity (Wildman–Crippen MR) is 83.2 cm³/mol. The van der Waals surface area contributed by atoms with Gasteiger partial charge in [0.2, 0.25) is 10.0 Å². The summed E-state index contributed by atoms with van der Waals surface area (Å²) in [6.45, 7) is 3.26. The van der Waals surface area contributed by atoms with Crippen LogP contribution in [0.1, 0.15) is 25.7 Å². The molecule has 0 radical (unpaired) electrons. The summed E-state index contributed by atoms with van der Waals surface area (Å²) in [5.41, 5.74) is -0.397. The highest BCUT2D eigenvalue weighted by atomic mass is 32.2. The topological polar surface area (TPSA) is 92.5 Å². The Labute approximate surface area is 130 Å². The molecule has 1 saturated heterocycles. The Hall–Kier alpha value is -1.51. The molecule has 1 aliphatic heterocycles. The molecule has 0 amide bonds. The molecule has 0 atom stereocenters. The number of nitrogens with zero attached hydrogens (tertiary/aromatic N) is 2. The lowest BCUT2D eigenvalue weighted by Gasteiger charge is -2.26. The number of hydrogen-bond donors (Lipinski definition) is 1. The first-order valence-electron chi connectivity index (χ1n) is 7.46. The molecular weight excluding hydrogens is 306 g/mol.